The van der Waals surface area contributed by atoms with E-state index in [0.29, 0.717) is 17.4 Å². The Morgan fingerprint density at radius 3 is 2.82 bits per heavy atom. The number of carbonyl (C=O) groups excluding carboxylic acids is 1. The first-order valence-corrected chi connectivity index (χ1v) is 6.78. The van der Waals surface area contributed by atoms with Crippen molar-refractivity contribution in [1.29, 1.82) is 0 Å². The molecule has 0 atom stereocenters. The minimum atomic E-state index is -0.0959. The first-order valence-electron chi connectivity index (χ1n) is 5.15. The molecule has 6 nitrogen and oxygen atoms in total. The van der Waals surface area contributed by atoms with Crippen LogP contribution in [0.3, 0.4) is 0 Å². The van der Waals surface area contributed by atoms with E-state index in [1.54, 1.807) is 11.6 Å². The van der Waals surface area contributed by atoms with Crippen LogP contribution in [0.4, 0.5) is 0 Å². The molecule has 17 heavy (non-hydrogen) atoms. The Morgan fingerprint density at radius 2 is 2.24 bits per heavy atom. The highest BCUT2D eigenvalue weighted by Crippen LogP contribution is 2.10. The van der Waals surface area contributed by atoms with Crippen molar-refractivity contribution < 1.29 is 4.79 Å². The maximum Gasteiger partial charge on any atom is 0.226 e. The lowest BCUT2D eigenvalue weighted by Gasteiger charge is -2.11. The predicted octanol–water partition coefficient (Wildman–Crippen LogP) is 1.05. The van der Waals surface area contributed by atoms with E-state index in [0.717, 1.165) is 6.42 Å². The van der Waals surface area contributed by atoms with Crippen LogP contribution in [0.2, 0.25) is 0 Å². The first-order chi connectivity index (χ1) is 8.08. The molecule has 8 heteroatoms. The lowest BCUT2D eigenvalue weighted by Crippen LogP contribution is -2.38. The number of carbonyl (C=O) groups is 1. The Labute approximate surface area is 110 Å². The van der Waals surface area contributed by atoms with Crippen molar-refractivity contribution in [3.05, 3.63) is 5.82 Å². The third kappa shape index (κ3) is 3.97. The van der Waals surface area contributed by atoms with E-state index in [1.165, 1.54) is 11.8 Å². The zero-order chi connectivity index (χ0) is 12.8. The van der Waals surface area contributed by atoms with E-state index in [1.807, 2.05) is 13.2 Å². The number of aryl methyl sites for hydroxylation is 1. The number of aromatic nitrogens is 3. The quantitative estimate of drug-likeness (QED) is 0.631. The van der Waals surface area contributed by atoms with Crippen LogP contribution < -0.4 is 10.7 Å². The summed E-state index contributed by atoms with van der Waals surface area (Å²) in [4.78, 5) is 11.3. The largest absolute Gasteiger partial charge is 0.302 e. The number of rotatable bonds is 4. The third-order valence-electron chi connectivity index (χ3n) is 1.92. The number of nitrogens with zero attached hydrogens (tertiary/aromatic N) is 3. The van der Waals surface area contributed by atoms with Crippen LogP contribution in [-0.4, -0.2) is 32.1 Å². The van der Waals surface area contributed by atoms with Gasteiger partial charge < -0.3 is 5.32 Å². The molecule has 0 aliphatic heterocycles. The normalized spacial score (nSPS) is 10.1. The molecule has 0 aliphatic rings. The van der Waals surface area contributed by atoms with Crippen molar-refractivity contribution in [3.8, 4) is 0 Å². The fourth-order valence-corrected chi connectivity index (χ4v) is 1.84. The van der Waals surface area contributed by atoms with Crippen molar-refractivity contribution in [2.75, 3.05) is 11.7 Å². The molecule has 0 saturated carbocycles. The van der Waals surface area contributed by atoms with E-state index in [9.17, 15) is 4.79 Å². The standard InChI is InChI=1S/C9H15N5OS2/c1-4-5-7(15)10-8(16)13-14-6(2)11-12-9(14)17-3/h4-5H2,1-3H3,(H2,10,13,15,16). The van der Waals surface area contributed by atoms with Crippen molar-refractivity contribution in [1.82, 2.24) is 20.2 Å². The van der Waals surface area contributed by atoms with E-state index in [2.05, 4.69) is 20.9 Å². The Hall–Kier alpha value is -1.15. The van der Waals surface area contributed by atoms with Crippen LogP contribution in [-0.2, 0) is 4.79 Å². The molecule has 0 unspecified atom stereocenters. The van der Waals surface area contributed by atoms with Crippen LogP contribution in [0.25, 0.3) is 0 Å². The molecule has 0 aliphatic carbocycles. The molecule has 1 amide bonds. The molecule has 0 saturated heterocycles. The maximum atomic E-state index is 11.3. The van der Waals surface area contributed by atoms with Gasteiger partial charge in [-0.05, 0) is 31.8 Å². The van der Waals surface area contributed by atoms with Crippen LogP contribution in [0, 0.1) is 6.92 Å². The van der Waals surface area contributed by atoms with Crippen molar-refractivity contribution in [3.63, 3.8) is 0 Å². The number of amides is 1. The van der Waals surface area contributed by atoms with Crippen molar-refractivity contribution >= 4 is 35.0 Å². The summed E-state index contributed by atoms with van der Waals surface area (Å²) in [6.07, 6.45) is 3.13. The fraction of sp³-hybridized carbons (Fsp3) is 0.556. The topological polar surface area (TPSA) is 71.8 Å². The van der Waals surface area contributed by atoms with Crippen LogP contribution >= 0.6 is 24.0 Å². The summed E-state index contributed by atoms with van der Waals surface area (Å²) in [5.74, 6) is 0.586. The fourth-order valence-electron chi connectivity index (χ4n) is 1.15. The highest BCUT2D eigenvalue weighted by molar-refractivity contribution is 7.98. The minimum absolute atomic E-state index is 0.0959. The van der Waals surface area contributed by atoms with E-state index >= 15 is 0 Å². The summed E-state index contributed by atoms with van der Waals surface area (Å²) in [7, 11) is 0. The number of thioether (sulfide) groups is 1. The third-order valence-corrected chi connectivity index (χ3v) is 2.74. The number of thiocarbonyl (C=S) groups is 1. The van der Waals surface area contributed by atoms with Crippen LogP contribution in [0.15, 0.2) is 5.16 Å². The second kappa shape index (κ2) is 6.55. The average Bonchev–Trinajstić information content (AvgIpc) is 2.60. The molecular formula is C9H15N5OS2. The second-order valence-electron chi connectivity index (χ2n) is 3.31. The van der Waals surface area contributed by atoms with E-state index in [4.69, 9.17) is 12.2 Å². The zero-order valence-corrected chi connectivity index (χ0v) is 11.6. The summed E-state index contributed by atoms with van der Waals surface area (Å²) in [6, 6.07) is 0. The molecule has 94 valence electrons. The van der Waals surface area contributed by atoms with E-state index in [-0.39, 0.29) is 11.0 Å². The Bertz CT molecular complexity index is 418. The van der Waals surface area contributed by atoms with E-state index < -0.39 is 0 Å². The lowest BCUT2D eigenvalue weighted by molar-refractivity contribution is -0.119. The summed E-state index contributed by atoms with van der Waals surface area (Å²) in [5, 5.41) is 11.4. The molecular weight excluding hydrogens is 258 g/mol. The monoisotopic (exact) mass is 273 g/mol. The predicted molar refractivity (Wildman–Crippen MR) is 71.5 cm³/mol. The zero-order valence-electron chi connectivity index (χ0n) is 9.98. The molecule has 0 bridgehead atoms. The highest BCUT2D eigenvalue weighted by Gasteiger charge is 2.10. The van der Waals surface area contributed by atoms with Gasteiger partial charge in [-0.2, -0.15) is 0 Å². The van der Waals surface area contributed by atoms with Crippen molar-refractivity contribution in [2.24, 2.45) is 0 Å². The van der Waals surface area contributed by atoms with Gasteiger partial charge in [-0.1, -0.05) is 18.7 Å². The number of nitrogens with one attached hydrogen (secondary N) is 2. The smallest absolute Gasteiger partial charge is 0.226 e. The molecule has 1 aromatic heterocycles. The molecule has 0 radical (unpaired) electrons. The van der Waals surface area contributed by atoms with Gasteiger partial charge in [0, 0.05) is 6.42 Å². The first kappa shape index (κ1) is 13.9. The van der Waals surface area contributed by atoms with Gasteiger partial charge >= 0.3 is 0 Å². The van der Waals surface area contributed by atoms with Gasteiger partial charge in [-0.15, -0.1) is 10.2 Å². The molecule has 1 aromatic rings. The van der Waals surface area contributed by atoms with Gasteiger partial charge in [0.05, 0.1) is 0 Å². The van der Waals surface area contributed by atoms with Gasteiger partial charge in [0.15, 0.2) is 5.11 Å². The van der Waals surface area contributed by atoms with Gasteiger partial charge in [0.2, 0.25) is 11.1 Å². The van der Waals surface area contributed by atoms with Gasteiger partial charge in [-0.3, -0.25) is 10.2 Å². The molecule has 1 rings (SSSR count). The second-order valence-corrected chi connectivity index (χ2v) is 4.49. The summed E-state index contributed by atoms with van der Waals surface area (Å²) in [5.41, 5.74) is 2.87. The van der Waals surface area contributed by atoms with Crippen LogP contribution in [0.1, 0.15) is 25.6 Å². The average molecular weight is 273 g/mol. The Balaban J connectivity index is 2.61. The minimum Gasteiger partial charge on any atom is -0.302 e. The maximum absolute atomic E-state index is 11.3. The van der Waals surface area contributed by atoms with Gasteiger partial charge in [0.1, 0.15) is 5.82 Å². The SMILES string of the molecule is CCCC(=O)NC(=S)Nn1c(C)nnc1SC. The van der Waals surface area contributed by atoms with Crippen molar-refractivity contribution in [2.45, 2.75) is 31.8 Å². The molecule has 0 fully saturated rings. The molecule has 0 aromatic carbocycles. The van der Waals surface area contributed by atoms with Crippen LogP contribution in [0.5, 0.6) is 0 Å². The number of hydrogen-bond donors (Lipinski definition) is 2. The molecule has 0 spiro atoms. The lowest BCUT2D eigenvalue weighted by atomic mass is 10.3. The number of hydrogen-bond acceptors (Lipinski definition) is 5. The summed E-state index contributed by atoms with van der Waals surface area (Å²) >= 11 is 6.47. The molecule has 2 N–H and O–H groups in total. The summed E-state index contributed by atoms with van der Waals surface area (Å²) < 4.78 is 1.64. The Kier molecular flexibility index (Phi) is 5.36. The highest BCUT2D eigenvalue weighted by atomic mass is 32.2. The van der Waals surface area contributed by atoms with Gasteiger partial charge in [-0.25, -0.2) is 4.68 Å². The Morgan fingerprint density at radius 1 is 1.53 bits per heavy atom. The van der Waals surface area contributed by atoms with Gasteiger partial charge in [0.25, 0.3) is 0 Å². The summed E-state index contributed by atoms with van der Waals surface area (Å²) in [6.45, 7) is 3.74. The molecule has 1 heterocycles.